The summed E-state index contributed by atoms with van der Waals surface area (Å²) in [6.45, 7) is 10.5. The normalized spacial score (nSPS) is 16.6. The summed E-state index contributed by atoms with van der Waals surface area (Å²) in [5.41, 5.74) is 2.60. The van der Waals surface area contributed by atoms with Crippen LogP contribution in [0.1, 0.15) is 30.9 Å². The molecular weight excluding hydrogens is 378 g/mol. The van der Waals surface area contributed by atoms with Crippen LogP contribution in [0.4, 0.5) is 5.69 Å². The molecule has 158 valence electrons. The lowest BCUT2D eigenvalue weighted by molar-refractivity contribution is -0.122. The molecule has 7 nitrogen and oxygen atoms in total. The van der Waals surface area contributed by atoms with Crippen molar-refractivity contribution >= 4 is 21.6 Å². The van der Waals surface area contributed by atoms with E-state index < -0.39 is 16.1 Å². The van der Waals surface area contributed by atoms with Crippen LogP contribution in [0, 0.1) is 13.8 Å². The van der Waals surface area contributed by atoms with Crippen LogP contribution in [-0.2, 0) is 19.6 Å². The van der Waals surface area contributed by atoms with E-state index in [0.29, 0.717) is 18.7 Å². The molecule has 1 N–H and O–H groups in total. The van der Waals surface area contributed by atoms with E-state index in [0.717, 1.165) is 56.7 Å². The Balaban J connectivity index is 2.03. The lowest BCUT2D eigenvalue weighted by atomic mass is 10.1. The SMILES string of the molecule is CCC(C(=O)NCCCN1CCOCC1)N(c1ccc(C)c(C)c1)S(C)(=O)=O. The zero-order valence-corrected chi connectivity index (χ0v) is 18.2. The van der Waals surface area contributed by atoms with E-state index >= 15 is 0 Å². The number of anilines is 1. The maximum Gasteiger partial charge on any atom is 0.243 e. The van der Waals surface area contributed by atoms with Gasteiger partial charge in [0.25, 0.3) is 0 Å². The van der Waals surface area contributed by atoms with Crippen molar-refractivity contribution in [2.45, 2.75) is 39.7 Å². The number of amides is 1. The van der Waals surface area contributed by atoms with Gasteiger partial charge in [0, 0.05) is 19.6 Å². The molecule has 1 saturated heterocycles. The van der Waals surface area contributed by atoms with Crippen LogP contribution in [0.25, 0.3) is 0 Å². The number of benzene rings is 1. The molecule has 1 aromatic rings. The third-order valence-electron chi connectivity index (χ3n) is 5.13. The first kappa shape index (κ1) is 22.6. The topological polar surface area (TPSA) is 79.0 Å². The van der Waals surface area contributed by atoms with Crippen LogP contribution in [0.2, 0.25) is 0 Å². The van der Waals surface area contributed by atoms with Crippen molar-refractivity contribution in [3.63, 3.8) is 0 Å². The summed E-state index contributed by atoms with van der Waals surface area (Å²) in [4.78, 5) is 15.1. The van der Waals surface area contributed by atoms with E-state index in [1.54, 1.807) is 6.07 Å². The molecule has 1 aromatic carbocycles. The zero-order valence-electron chi connectivity index (χ0n) is 17.4. The van der Waals surface area contributed by atoms with E-state index in [4.69, 9.17) is 4.74 Å². The van der Waals surface area contributed by atoms with Gasteiger partial charge in [-0.3, -0.25) is 14.0 Å². The van der Waals surface area contributed by atoms with E-state index in [-0.39, 0.29) is 5.91 Å². The van der Waals surface area contributed by atoms with Gasteiger partial charge in [0.15, 0.2) is 0 Å². The average molecular weight is 412 g/mol. The third kappa shape index (κ3) is 6.18. The van der Waals surface area contributed by atoms with Gasteiger partial charge < -0.3 is 10.1 Å². The summed E-state index contributed by atoms with van der Waals surface area (Å²) >= 11 is 0. The van der Waals surface area contributed by atoms with Crippen LogP contribution in [0.15, 0.2) is 18.2 Å². The second-order valence-corrected chi connectivity index (χ2v) is 9.21. The molecule has 0 bridgehead atoms. The van der Waals surface area contributed by atoms with Gasteiger partial charge in [0.1, 0.15) is 6.04 Å². The Morgan fingerprint density at radius 2 is 1.93 bits per heavy atom. The smallest absolute Gasteiger partial charge is 0.243 e. The Labute approximate surface area is 169 Å². The van der Waals surface area contributed by atoms with Gasteiger partial charge in [-0.2, -0.15) is 0 Å². The summed E-state index contributed by atoms with van der Waals surface area (Å²) in [6.07, 6.45) is 2.37. The van der Waals surface area contributed by atoms with E-state index in [9.17, 15) is 13.2 Å². The maximum atomic E-state index is 12.8. The van der Waals surface area contributed by atoms with Crippen molar-refractivity contribution in [3.8, 4) is 0 Å². The largest absolute Gasteiger partial charge is 0.379 e. The quantitative estimate of drug-likeness (QED) is 0.626. The Bertz CT molecular complexity index is 761. The predicted molar refractivity (Wildman–Crippen MR) is 112 cm³/mol. The molecule has 0 radical (unpaired) electrons. The molecule has 0 spiro atoms. The van der Waals surface area contributed by atoms with E-state index in [1.807, 2.05) is 32.9 Å². The van der Waals surface area contributed by atoms with Crippen molar-refractivity contribution in [1.29, 1.82) is 0 Å². The molecular formula is C20H33N3O4S. The molecule has 1 aliphatic heterocycles. The lowest BCUT2D eigenvalue weighted by Gasteiger charge is -2.31. The van der Waals surface area contributed by atoms with Gasteiger partial charge in [-0.1, -0.05) is 13.0 Å². The fourth-order valence-electron chi connectivity index (χ4n) is 3.38. The molecule has 28 heavy (non-hydrogen) atoms. The fourth-order valence-corrected chi connectivity index (χ4v) is 4.58. The minimum Gasteiger partial charge on any atom is -0.379 e. The van der Waals surface area contributed by atoms with Crippen LogP contribution < -0.4 is 9.62 Å². The van der Waals surface area contributed by atoms with Gasteiger partial charge in [-0.05, 0) is 56.5 Å². The highest BCUT2D eigenvalue weighted by Gasteiger charge is 2.31. The number of rotatable bonds is 9. The van der Waals surface area contributed by atoms with Crippen molar-refractivity contribution < 1.29 is 17.9 Å². The third-order valence-corrected chi connectivity index (χ3v) is 6.31. The average Bonchev–Trinajstić information content (AvgIpc) is 2.65. The highest BCUT2D eigenvalue weighted by Crippen LogP contribution is 2.25. The highest BCUT2D eigenvalue weighted by molar-refractivity contribution is 7.92. The lowest BCUT2D eigenvalue weighted by Crippen LogP contribution is -2.49. The minimum atomic E-state index is -3.60. The molecule has 0 aromatic heterocycles. The number of hydrogen-bond acceptors (Lipinski definition) is 5. The number of carbonyl (C=O) groups excluding carboxylic acids is 1. The molecule has 1 amide bonds. The number of nitrogens with zero attached hydrogens (tertiary/aromatic N) is 2. The van der Waals surface area contributed by atoms with Crippen LogP contribution in [0.5, 0.6) is 0 Å². The summed E-state index contributed by atoms with van der Waals surface area (Å²) in [5.74, 6) is -0.256. The summed E-state index contributed by atoms with van der Waals surface area (Å²) in [6, 6.07) is 4.71. The molecule has 1 heterocycles. The number of aryl methyl sites for hydroxylation is 2. The number of morpholine rings is 1. The zero-order chi connectivity index (χ0) is 20.7. The Morgan fingerprint density at radius 1 is 1.25 bits per heavy atom. The number of ether oxygens (including phenoxy) is 1. The van der Waals surface area contributed by atoms with Crippen LogP contribution >= 0.6 is 0 Å². The monoisotopic (exact) mass is 411 g/mol. The van der Waals surface area contributed by atoms with Gasteiger partial charge in [0.05, 0.1) is 25.2 Å². The van der Waals surface area contributed by atoms with Gasteiger partial charge >= 0.3 is 0 Å². The van der Waals surface area contributed by atoms with Crippen molar-refractivity contribution in [2.24, 2.45) is 0 Å². The standard InChI is InChI=1S/C20H33N3O4S/c1-5-19(20(24)21-9-6-10-22-11-13-27-14-12-22)23(28(4,25)26)18-8-7-16(2)17(3)15-18/h7-8,15,19H,5-6,9-14H2,1-4H3,(H,21,24). The molecule has 1 aliphatic rings. The van der Waals surface area contributed by atoms with E-state index in [1.165, 1.54) is 4.31 Å². The van der Waals surface area contributed by atoms with Gasteiger partial charge in [0.2, 0.25) is 15.9 Å². The molecule has 1 fully saturated rings. The summed E-state index contributed by atoms with van der Waals surface area (Å²) < 4.78 is 31.6. The first-order valence-corrected chi connectivity index (χ1v) is 11.7. The number of hydrogen-bond donors (Lipinski definition) is 1. The van der Waals surface area contributed by atoms with Gasteiger partial charge in [-0.15, -0.1) is 0 Å². The predicted octanol–water partition coefficient (Wildman–Crippen LogP) is 1.69. The minimum absolute atomic E-state index is 0.256. The van der Waals surface area contributed by atoms with Crippen molar-refractivity contribution in [3.05, 3.63) is 29.3 Å². The fraction of sp³-hybridized carbons (Fsp3) is 0.650. The molecule has 1 atom stereocenters. The second-order valence-electron chi connectivity index (χ2n) is 7.35. The Morgan fingerprint density at radius 3 is 2.50 bits per heavy atom. The molecule has 2 rings (SSSR count). The van der Waals surface area contributed by atoms with E-state index in [2.05, 4.69) is 10.2 Å². The summed E-state index contributed by atoms with van der Waals surface area (Å²) in [5, 5.41) is 2.92. The Kier molecular flexibility index (Phi) is 8.27. The Hall–Kier alpha value is -1.64. The number of nitrogens with one attached hydrogen (secondary N) is 1. The van der Waals surface area contributed by atoms with Crippen molar-refractivity contribution in [2.75, 3.05) is 50.0 Å². The van der Waals surface area contributed by atoms with Crippen LogP contribution in [0.3, 0.4) is 0 Å². The van der Waals surface area contributed by atoms with Gasteiger partial charge in [-0.25, -0.2) is 8.42 Å². The van der Waals surface area contributed by atoms with Crippen molar-refractivity contribution in [1.82, 2.24) is 10.2 Å². The maximum absolute atomic E-state index is 12.8. The molecule has 1 unspecified atom stereocenters. The second kappa shape index (κ2) is 10.2. The number of sulfonamides is 1. The first-order valence-electron chi connectivity index (χ1n) is 9.88. The molecule has 0 saturated carbocycles. The number of carbonyl (C=O) groups is 1. The first-order chi connectivity index (χ1) is 13.2. The highest BCUT2D eigenvalue weighted by atomic mass is 32.2. The summed E-state index contributed by atoms with van der Waals surface area (Å²) in [7, 11) is -3.60. The van der Waals surface area contributed by atoms with Crippen LogP contribution in [-0.4, -0.2) is 70.9 Å². The molecule has 8 heteroatoms. The molecule has 0 aliphatic carbocycles.